The minimum Gasteiger partial charge on any atom is -0.475 e. The van der Waals surface area contributed by atoms with Crippen molar-refractivity contribution in [3.05, 3.63) is 51.4 Å². The Morgan fingerprint density at radius 2 is 1.93 bits per heavy atom. The Morgan fingerprint density at radius 1 is 1.28 bits per heavy atom. The summed E-state index contributed by atoms with van der Waals surface area (Å²) in [5.41, 5.74) is -0.685. The highest BCUT2D eigenvalue weighted by Gasteiger charge is 2.39. The molecule has 0 bridgehead atoms. The highest BCUT2D eigenvalue weighted by molar-refractivity contribution is 6.30. The van der Waals surface area contributed by atoms with Gasteiger partial charge in [-0.25, -0.2) is 19.3 Å². The van der Waals surface area contributed by atoms with Gasteiger partial charge in [0.1, 0.15) is 12.4 Å². The third-order valence-corrected chi connectivity index (χ3v) is 4.03. The van der Waals surface area contributed by atoms with Crippen molar-refractivity contribution in [3.63, 3.8) is 0 Å². The normalized spacial score (nSPS) is 12.9. The molecular formula is C15H12ClF3N6O4. The van der Waals surface area contributed by atoms with E-state index in [4.69, 9.17) is 16.7 Å². The molecule has 0 saturated heterocycles. The number of hydrogen-bond donors (Lipinski definition) is 3. The summed E-state index contributed by atoms with van der Waals surface area (Å²) in [7, 11) is 0. The van der Waals surface area contributed by atoms with Gasteiger partial charge in [0, 0.05) is 10.6 Å². The number of aromatic nitrogens is 6. The molecule has 0 fully saturated rings. The predicted octanol–water partition coefficient (Wildman–Crippen LogP) is 1.15. The van der Waals surface area contributed by atoms with E-state index in [1.165, 1.54) is 24.3 Å². The van der Waals surface area contributed by atoms with Crippen molar-refractivity contribution in [1.29, 1.82) is 0 Å². The van der Waals surface area contributed by atoms with Gasteiger partial charge in [-0.3, -0.25) is 9.67 Å². The Hall–Kier alpha value is -3.19. The van der Waals surface area contributed by atoms with Gasteiger partial charge >= 0.3 is 17.8 Å². The van der Waals surface area contributed by atoms with Gasteiger partial charge in [-0.05, 0) is 24.3 Å². The van der Waals surface area contributed by atoms with Crippen molar-refractivity contribution < 1.29 is 28.2 Å². The largest absolute Gasteiger partial charge is 0.475 e. The SMILES string of the molecule is O=C(O)c1n[nH]c(Cn2nc(-c3ccc(Cl)cc3)n(C[C@H](O)C(F)(F)F)c2=O)n1. The van der Waals surface area contributed by atoms with E-state index < -0.39 is 36.3 Å². The zero-order valence-corrected chi connectivity index (χ0v) is 15.0. The maximum atomic E-state index is 12.8. The monoisotopic (exact) mass is 432 g/mol. The number of aliphatic hydroxyl groups excluding tert-OH is 1. The molecule has 29 heavy (non-hydrogen) atoms. The Balaban J connectivity index is 2.03. The lowest BCUT2D eigenvalue weighted by Crippen LogP contribution is -2.37. The molecule has 0 unspecified atom stereocenters. The van der Waals surface area contributed by atoms with Crippen LogP contribution >= 0.6 is 11.6 Å². The first-order valence-corrected chi connectivity index (χ1v) is 8.27. The fraction of sp³-hybridized carbons (Fsp3) is 0.267. The van der Waals surface area contributed by atoms with Crippen molar-refractivity contribution in [3.8, 4) is 11.4 Å². The lowest BCUT2D eigenvalue weighted by Gasteiger charge is -2.15. The average Bonchev–Trinajstić information content (AvgIpc) is 3.22. The molecule has 0 aliphatic heterocycles. The first-order chi connectivity index (χ1) is 13.6. The number of carboxylic acids is 1. The molecule has 0 spiro atoms. The number of rotatable bonds is 6. The van der Waals surface area contributed by atoms with E-state index >= 15 is 0 Å². The molecular weight excluding hydrogens is 421 g/mol. The van der Waals surface area contributed by atoms with Crippen LogP contribution in [0.3, 0.4) is 0 Å². The van der Waals surface area contributed by atoms with Gasteiger partial charge in [0.05, 0.1) is 6.54 Å². The van der Waals surface area contributed by atoms with Crippen LogP contribution in [0.1, 0.15) is 16.4 Å². The molecule has 0 saturated carbocycles. The fourth-order valence-electron chi connectivity index (χ4n) is 2.40. The smallest absolute Gasteiger partial charge is 0.416 e. The molecule has 0 aliphatic carbocycles. The van der Waals surface area contributed by atoms with Gasteiger partial charge in [0.15, 0.2) is 11.9 Å². The quantitative estimate of drug-likeness (QED) is 0.531. The van der Waals surface area contributed by atoms with E-state index in [1.54, 1.807) is 0 Å². The van der Waals surface area contributed by atoms with Crippen molar-refractivity contribution in [2.24, 2.45) is 0 Å². The minimum absolute atomic E-state index is 0.0480. The second-order valence-electron chi connectivity index (χ2n) is 5.85. The lowest BCUT2D eigenvalue weighted by atomic mass is 10.2. The van der Waals surface area contributed by atoms with Crippen LogP contribution in [0.25, 0.3) is 11.4 Å². The van der Waals surface area contributed by atoms with Crippen LogP contribution in [0.15, 0.2) is 29.1 Å². The Bertz CT molecular complexity index is 1090. The van der Waals surface area contributed by atoms with Crippen LogP contribution in [0, 0.1) is 0 Å². The Kier molecular flexibility index (Phi) is 5.44. The van der Waals surface area contributed by atoms with E-state index in [0.717, 1.165) is 4.68 Å². The number of benzene rings is 1. The highest BCUT2D eigenvalue weighted by Crippen LogP contribution is 2.24. The Labute approximate surface area is 164 Å². The van der Waals surface area contributed by atoms with Gasteiger partial charge < -0.3 is 10.2 Å². The number of carbonyl (C=O) groups is 1. The third-order valence-electron chi connectivity index (χ3n) is 3.78. The molecule has 3 N–H and O–H groups in total. The van der Waals surface area contributed by atoms with Crippen LogP contribution in [-0.2, 0) is 13.1 Å². The maximum absolute atomic E-state index is 12.8. The van der Waals surface area contributed by atoms with E-state index in [9.17, 15) is 27.9 Å². The van der Waals surface area contributed by atoms with Gasteiger partial charge in [-0.2, -0.15) is 13.2 Å². The van der Waals surface area contributed by atoms with E-state index in [-0.39, 0.29) is 23.8 Å². The number of aliphatic hydroxyl groups is 1. The van der Waals surface area contributed by atoms with Gasteiger partial charge in [-0.1, -0.05) is 11.6 Å². The zero-order chi connectivity index (χ0) is 21.3. The summed E-state index contributed by atoms with van der Waals surface area (Å²) >= 11 is 5.80. The average molecular weight is 433 g/mol. The second kappa shape index (κ2) is 7.67. The topological polar surface area (TPSA) is 139 Å². The molecule has 0 radical (unpaired) electrons. The van der Waals surface area contributed by atoms with Crippen LogP contribution in [0.5, 0.6) is 0 Å². The number of aromatic carboxylic acids is 1. The molecule has 154 valence electrons. The molecule has 0 aliphatic rings. The number of halogens is 4. The predicted molar refractivity (Wildman–Crippen MR) is 91.4 cm³/mol. The first kappa shape index (κ1) is 20.5. The van der Waals surface area contributed by atoms with Crippen LogP contribution in [-0.4, -0.2) is 58.0 Å². The molecule has 2 aromatic heterocycles. The molecule has 1 atom stereocenters. The number of hydrogen-bond acceptors (Lipinski definition) is 6. The molecule has 3 aromatic rings. The second-order valence-corrected chi connectivity index (χ2v) is 6.29. The molecule has 2 heterocycles. The highest BCUT2D eigenvalue weighted by atomic mass is 35.5. The number of aromatic amines is 1. The standard InChI is InChI=1S/C15H12ClF3N6O4/c16-8-3-1-7(2-4-8)12-23-25(6-10-20-11(13(27)28)22-21-10)14(29)24(12)5-9(26)15(17,18)19/h1-4,9,26H,5-6H2,(H,27,28)(H,20,21,22)/t9-/m0/s1. The van der Waals surface area contributed by atoms with Crippen LogP contribution in [0.2, 0.25) is 5.02 Å². The van der Waals surface area contributed by atoms with Crippen LogP contribution in [0.4, 0.5) is 13.2 Å². The van der Waals surface area contributed by atoms with Gasteiger partial charge in [0.25, 0.3) is 5.82 Å². The maximum Gasteiger partial charge on any atom is 0.416 e. The summed E-state index contributed by atoms with van der Waals surface area (Å²) < 4.78 is 39.8. The van der Waals surface area contributed by atoms with Crippen LogP contribution < -0.4 is 5.69 Å². The summed E-state index contributed by atoms with van der Waals surface area (Å²) in [6.07, 6.45) is -7.74. The van der Waals surface area contributed by atoms with Crippen molar-refractivity contribution in [2.45, 2.75) is 25.4 Å². The summed E-state index contributed by atoms with van der Waals surface area (Å²) in [4.78, 5) is 27.1. The van der Waals surface area contributed by atoms with Crippen molar-refractivity contribution in [2.75, 3.05) is 0 Å². The molecule has 10 nitrogen and oxygen atoms in total. The summed E-state index contributed by atoms with van der Waals surface area (Å²) in [6.45, 7) is -1.47. The summed E-state index contributed by atoms with van der Waals surface area (Å²) in [5, 5.41) is 28.3. The van der Waals surface area contributed by atoms with Gasteiger partial charge in [-0.15, -0.1) is 10.2 Å². The van der Waals surface area contributed by atoms with E-state index in [2.05, 4.69) is 20.3 Å². The molecule has 1 aromatic carbocycles. The first-order valence-electron chi connectivity index (χ1n) is 7.89. The Morgan fingerprint density at radius 3 is 2.48 bits per heavy atom. The molecule has 14 heteroatoms. The van der Waals surface area contributed by atoms with Crippen molar-refractivity contribution in [1.82, 2.24) is 29.5 Å². The third kappa shape index (κ3) is 4.46. The molecule has 0 amide bonds. The van der Waals surface area contributed by atoms with E-state index in [0.29, 0.717) is 9.59 Å². The lowest BCUT2D eigenvalue weighted by molar-refractivity contribution is -0.207. The van der Waals surface area contributed by atoms with E-state index in [1.807, 2.05) is 0 Å². The number of nitrogens with zero attached hydrogens (tertiary/aromatic N) is 5. The number of carboxylic acid groups (broad SMARTS) is 1. The fourth-order valence-corrected chi connectivity index (χ4v) is 2.53. The zero-order valence-electron chi connectivity index (χ0n) is 14.3. The summed E-state index contributed by atoms with van der Waals surface area (Å²) in [6, 6.07) is 5.81. The summed E-state index contributed by atoms with van der Waals surface area (Å²) in [5.74, 6) is -2.14. The van der Waals surface area contributed by atoms with Gasteiger partial charge in [0.2, 0.25) is 0 Å². The number of alkyl halides is 3. The van der Waals surface area contributed by atoms with Crippen molar-refractivity contribution >= 4 is 17.6 Å². The number of nitrogens with one attached hydrogen (secondary N) is 1. The number of H-pyrrole nitrogens is 1. The molecule has 3 rings (SSSR count). The minimum atomic E-state index is -4.94.